The van der Waals surface area contributed by atoms with Crippen LogP contribution >= 0.6 is 0 Å². The van der Waals surface area contributed by atoms with Crippen molar-refractivity contribution in [1.82, 2.24) is 19.7 Å². The van der Waals surface area contributed by atoms with Gasteiger partial charge in [-0.05, 0) is 42.0 Å². The Morgan fingerprint density at radius 2 is 1.85 bits per heavy atom. The van der Waals surface area contributed by atoms with Crippen LogP contribution in [0.25, 0.3) is 11.1 Å². The summed E-state index contributed by atoms with van der Waals surface area (Å²) in [5.74, 6) is -0.894. The SMILES string of the molecule is C=CC(=O)Nc1ccc(F)c(Nc2nc(Nc3cnn(C4COC4)c3)ncc2-c2ccc(C(F)(F)F)cc2)c1. The van der Waals surface area contributed by atoms with Gasteiger partial charge in [-0.15, -0.1) is 0 Å². The zero-order valence-electron chi connectivity index (χ0n) is 20.2. The number of benzene rings is 2. The van der Waals surface area contributed by atoms with Gasteiger partial charge in [-0.2, -0.15) is 23.3 Å². The summed E-state index contributed by atoms with van der Waals surface area (Å²) in [6.45, 7) is 4.51. The minimum atomic E-state index is -4.50. The molecule has 4 aromatic rings. The molecule has 1 aliphatic rings. The standard InChI is InChI=1S/C26H21F4N7O2/c1-2-23(38)33-17-7-8-21(27)22(9-17)35-24-20(15-3-5-16(6-4-15)26(28,29)30)11-31-25(36-24)34-18-10-32-37(12-18)19-13-39-14-19/h2-12,19H,1,13-14H2,(H,33,38)(H2,31,34,35,36). The van der Waals surface area contributed by atoms with Crippen LogP contribution in [-0.2, 0) is 15.7 Å². The number of hydrogen-bond donors (Lipinski definition) is 3. The molecule has 0 atom stereocenters. The third kappa shape index (κ3) is 5.88. The number of halogens is 4. The maximum absolute atomic E-state index is 14.8. The number of nitrogens with one attached hydrogen (secondary N) is 3. The average Bonchev–Trinajstić information content (AvgIpc) is 3.32. The molecule has 3 heterocycles. The van der Waals surface area contributed by atoms with Crippen molar-refractivity contribution in [2.75, 3.05) is 29.2 Å². The van der Waals surface area contributed by atoms with E-state index in [1.807, 2.05) is 0 Å². The molecule has 0 aliphatic carbocycles. The summed E-state index contributed by atoms with van der Waals surface area (Å²) in [4.78, 5) is 20.4. The van der Waals surface area contributed by atoms with Crippen LogP contribution in [0, 0.1) is 5.82 Å². The Kier molecular flexibility index (Phi) is 6.98. The number of carbonyl (C=O) groups excluding carboxylic acids is 1. The molecule has 200 valence electrons. The van der Waals surface area contributed by atoms with Gasteiger partial charge in [0.25, 0.3) is 0 Å². The van der Waals surface area contributed by atoms with Crippen LogP contribution < -0.4 is 16.0 Å². The summed E-state index contributed by atoms with van der Waals surface area (Å²) < 4.78 is 61.0. The lowest BCUT2D eigenvalue weighted by atomic mass is 10.1. The van der Waals surface area contributed by atoms with Gasteiger partial charge in [-0.1, -0.05) is 18.7 Å². The lowest BCUT2D eigenvalue weighted by Gasteiger charge is -2.25. The van der Waals surface area contributed by atoms with Gasteiger partial charge in [0.05, 0.1) is 42.4 Å². The van der Waals surface area contributed by atoms with Crippen molar-refractivity contribution < 1.29 is 27.1 Å². The highest BCUT2D eigenvalue weighted by Gasteiger charge is 2.30. The largest absolute Gasteiger partial charge is 0.416 e. The quantitative estimate of drug-likeness (QED) is 0.195. The lowest BCUT2D eigenvalue weighted by molar-refractivity contribution is -0.137. The topological polar surface area (TPSA) is 106 Å². The van der Waals surface area contributed by atoms with Gasteiger partial charge in [-0.25, -0.2) is 9.37 Å². The fourth-order valence-corrected chi connectivity index (χ4v) is 3.71. The van der Waals surface area contributed by atoms with Crippen molar-refractivity contribution in [3.63, 3.8) is 0 Å². The number of aromatic nitrogens is 4. The average molecular weight is 539 g/mol. The van der Waals surface area contributed by atoms with Crippen LogP contribution in [0.1, 0.15) is 11.6 Å². The molecule has 2 aromatic carbocycles. The van der Waals surface area contributed by atoms with Crippen LogP contribution in [0.4, 0.5) is 46.4 Å². The number of amides is 1. The zero-order valence-corrected chi connectivity index (χ0v) is 20.2. The molecule has 1 aliphatic heterocycles. The molecule has 2 aromatic heterocycles. The Bertz CT molecular complexity index is 1520. The molecule has 0 radical (unpaired) electrons. The lowest BCUT2D eigenvalue weighted by Crippen LogP contribution is -2.30. The Morgan fingerprint density at radius 1 is 1.08 bits per heavy atom. The Labute approximate surface area is 219 Å². The number of ether oxygens (including phenoxy) is 1. The maximum Gasteiger partial charge on any atom is 0.416 e. The molecule has 0 unspecified atom stereocenters. The summed E-state index contributed by atoms with van der Waals surface area (Å²) in [6.07, 6.45) is 1.33. The summed E-state index contributed by atoms with van der Waals surface area (Å²) in [5, 5.41) is 12.7. The summed E-state index contributed by atoms with van der Waals surface area (Å²) in [7, 11) is 0. The van der Waals surface area contributed by atoms with E-state index in [1.165, 1.54) is 30.5 Å². The maximum atomic E-state index is 14.8. The van der Waals surface area contributed by atoms with Gasteiger partial charge in [0, 0.05) is 23.6 Å². The van der Waals surface area contributed by atoms with Crippen LogP contribution in [0.5, 0.6) is 0 Å². The fourth-order valence-electron chi connectivity index (χ4n) is 3.71. The molecular formula is C26H21F4N7O2. The van der Waals surface area contributed by atoms with Gasteiger partial charge in [-0.3, -0.25) is 9.48 Å². The molecule has 39 heavy (non-hydrogen) atoms. The first-order chi connectivity index (χ1) is 18.7. The zero-order chi connectivity index (χ0) is 27.6. The first-order valence-electron chi connectivity index (χ1n) is 11.6. The van der Waals surface area contributed by atoms with Crippen LogP contribution in [0.2, 0.25) is 0 Å². The van der Waals surface area contributed by atoms with E-state index >= 15 is 0 Å². The van der Waals surface area contributed by atoms with E-state index in [4.69, 9.17) is 4.74 Å². The molecule has 1 amide bonds. The van der Waals surface area contributed by atoms with Gasteiger partial charge in [0.1, 0.15) is 11.6 Å². The van der Waals surface area contributed by atoms with E-state index in [0.29, 0.717) is 35.7 Å². The smallest absolute Gasteiger partial charge is 0.377 e. The number of alkyl halides is 3. The van der Waals surface area contributed by atoms with E-state index < -0.39 is 23.5 Å². The first-order valence-corrected chi connectivity index (χ1v) is 11.6. The monoisotopic (exact) mass is 539 g/mol. The molecule has 0 saturated carbocycles. The molecule has 0 bridgehead atoms. The number of anilines is 5. The van der Waals surface area contributed by atoms with Crippen LogP contribution in [-0.4, -0.2) is 38.9 Å². The number of hydrogen-bond acceptors (Lipinski definition) is 7. The molecule has 1 saturated heterocycles. The number of nitrogens with zero attached hydrogens (tertiary/aromatic N) is 4. The van der Waals surface area contributed by atoms with Gasteiger partial charge in [0.2, 0.25) is 11.9 Å². The highest BCUT2D eigenvalue weighted by molar-refractivity contribution is 5.99. The van der Waals surface area contributed by atoms with Gasteiger partial charge >= 0.3 is 6.18 Å². The van der Waals surface area contributed by atoms with Crippen molar-refractivity contribution in [3.05, 3.63) is 85.1 Å². The molecular weight excluding hydrogens is 518 g/mol. The Morgan fingerprint density at radius 3 is 2.51 bits per heavy atom. The minimum Gasteiger partial charge on any atom is -0.377 e. The molecule has 5 rings (SSSR count). The number of carbonyl (C=O) groups is 1. The molecule has 1 fully saturated rings. The van der Waals surface area contributed by atoms with Gasteiger partial charge in [0.15, 0.2) is 0 Å². The predicted octanol–water partition coefficient (Wildman–Crippen LogP) is 5.68. The van der Waals surface area contributed by atoms with Crippen LogP contribution in [0.3, 0.4) is 0 Å². The van der Waals surface area contributed by atoms with Crippen molar-refractivity contribution in [3.8, 4) is 11.1 Å². The van der Waals surface area contributed by atoms with E-state index in [9.17, 15) is 22.4 Å². The second-order valence-electron chi connectivity index (χ2n) is 8.57. The van der Waals surface area contributed by atoms with Crippen molar-refractivity contribution in [2.45, 2.75) is 12.2 Å². The highest BCUT2D eigenvalue weighted by atomic mass is 19.4. The van der Waals surface area contributed by atoms with E-state index in [2.05, 4.69) is 37.6 Å². The van der Waals surface area contributed by atoms with Crippen molar-refractivity contribution in [1.29, 1.82) is 0 Å². The van der Waals surface area contributed by atoms with E-state index in [1.54, 1.807) is 17.1 Å². The van der Waals surface area contributed by atoms with Crippen LogP contribution in [0.15, 0.2) is 73.7 Å². The first kappa shape index (κ1) is 25.9. The molecule has 3 N–H and O–H groups in total. The van der Waals surface area contributed by atoms with Crippen molar-refractivity contribution >= 4 is 34.7 Å². The third-order valence-corrected chi connectivity index (χ3v) is 5.84. The third-order valence-electron chi connectivity index (χ3n) is 5.84. The van der Waals surface area contributed by atoms with Gasteiger partial charge < -0.3 is 20.7 Å². The molecule has 9 nitrogen and oxygen atoms in total. The second kappa shape index (κ2) is 10.5. The second-order valence-corrected chi connectivity index (χ2v) is 8.57. The summed E-state index contributed by atoms with van der Waals surface area (Å²) in [5.41, 5.74) is 0.719. The van der Waals surface area contributed by atoms with Crippen molar-refractivity contribution in [2.24, 2.45) is 0 Å². The van der Waals surface area contributed by atoms with E-state index in [0.717, 1.165) is 24.3 Å². The summed E-state index contributed by atoms with van der Waals surface area (Å²) >= 11 is 0. The predicted molar refractivity (Wildman–Crippen MR) is 136 cm³/mol. The fraction of sp³-hybridized carbons (Fsp3) is 0.154. The minimum absolute atomic E-state index is 0.0347. The summed E-state index contributed by atoms with van der Waals surface area (Å²) in [6, 6.07) is 8.45. The number of rotatable bonds is 8. The highest BCUT2D eigenvalue weighted by Crippen LogP contribution is 2.35. The molecule has 13 heteroatoms. The normalized spacial score (nSPS) is 13.4. The molecule has 0 spiro atoms. The Balaban J connectivity index is 1.49. The Hall–Kier alpha value is -4.78. The van der Waals surface area contributed by atoms with E-state index in [-0.39, 0.29) is 23.5 Å².